The molecule has 3 nitrogen and oxygen atoms in total. The Balaban J connectivity index is 1.92. The van der Waals surface area contributed by atoms with Crippen LogP contribution in [0.4, 0.5) is 0 Å². The molecule has 2 heterocycles. The number of hydrogen-bond donors (Lipinski definition) is 1. The molecule has 0 spiro atoms. The molecule has 128 valence electrons. The molecule has 1 atom stereocenters. The minimum absolute atomic E-state index is 0.243. The fraction of sp³-hybridized carbons (Fsp3) is 0.476. The lowest BCUT2D eigenvalue weighted by molar-refractivity contribution is 0.0957. The Morgan fingerprint density at radius 3 is 2.50 bits per heavy atom. The zero-order valence-corrected chi connectivity index (χ0v) is 14.8. The van der Waals surface area contributed by atoms with Gasteiger partial charge in [-0.05, 0) is 55.5 Å². The number of carbonyl (C=O) groups excluding carboxylic acids is 1. The fourth-order valence-corrected chi connectivity index (χ4v) is 3.75. The smallest absolute Gasteiger partial charge is 0.181 e. The lowest BCUT2D eigenvalue weighted by atomic mass is 9.98. The summed E-state index contributed by atoms with van der Waals surface area (Å²) in [6.07, 6.45) is 8.14. The number of ketones is 1. The number of para-hydroxylation sites is 1. The van der Waals surface area contributed by atoms with E-state index in [1.54, 1.807) is 0 Å². The van der Waals surface area contributed by atoms with Crippen LogP contribution in [-0.2, 0) is 12.8 Å². The summed E-state index contributed by atoms with van der Waals surface area (Å²) >= 11 is 0. The minimum atomic E-state index is 0.243. The number of nitrogens with zero attached hydrogens (tertiary/aromatic N) is 1. The Morgan fingerprint density at radius 2 is 1.88 bits per heavy atom. The van der Waals surface area contributed by atoms with Crippen molar-refractivity contribution in [2.24, 2.45) is 0 Å². The summed E-state index contributed by atoms with van der Waals surface area (Å²) in [7, 11) is 0. The molecular formula is C21H28N2O. The molecule has 0 amide bonds. The number of benzene rings is 1. The lowest BCUT2D eigenvalue weighted by Crippen LogP contribution is -2.36. The number of piperidine rings is 1. The van der Waals surface area contributed by atoms with Crippen LogP contribution >= 0.6 is 0 Å². The third kappa shape index (κ3) is 3.46. The molecule has 1 aromatic heterocycles. The van der Waals surface area contributed by atoms with E-state index in [1.807, 2.05) is 18.3 Å². The molecule has 1 aliphatic heterocycles. The highest BCUT2D eigenvalue weighted by atomic mass is 16.1. The van der Waals surface area contributed by atoms with Crippen molar-refractivity contribution in [1.29, 1.82) is 0 Å². The summed E-state index contributed by atoms with van der Waals surface area (Å²) in [5.74, 6) is 0.243. The maximum absolute atomic E-state index is 12.9. The predicted molar refractivity (Wildman–Crippen MR) is 99.1 cm³/mol. The van der Waals surface area contributed by atoms with Crippen LogP contribution in [0, 0.1) is 0 Å². The summed E-state index contributed by atoms with van der Waals surface area (Å²) in [4.78, 5) is 12.9. The van der Waals surface area contributed by atoms with Crippen LogP contribution in [0.2, 0.25) is 0 Å². The van der Waals surface area contributed by atoms with Crippen LogP contribution in [0.5, 0.6) is 0 Å². The van der Waals surface area contributed by atoms with E-state index < -0.39 is 0 Å². The van der Waals surface area contributed by atoms with E-state index in [-0.39, 0.29) is 5.78 Å². The van der Waals surface area contributed by atoms with Crippen molar-refractivity contribution in [3.8, 4) is 5.69 Å². The van der Waals surface area contributed by atoms with Crippen molar-refractivity contribution in [3.63, 3.8) is 0 Å². The van der Waals surface area contributed by atoms with E-state index in [0.717, 1.165) is 31.5 Å². The van der Waals surface area contributed by atoms with Crippen LogP contribution in [0.3, 0.4) is 0 Å². The van der Waals surface area contributed by atoms with E-state index in [1.165, 1.54) is 29.7 Å². The second kappa shape index (κ2) is 7.80. The van der Waals surface area contributed by atoms with Gasteiger partial charge in [0.15, 0.2) is 5.78 Å². The standard InChI is InChI=1S/C21H28N2O/c1-3-16-9-7-10-17(4-2)21(16)23-14-8-12-19(23)20(24)15-18-11-5-6-13-22-18/h7-10,12,14,18,22H,3-6,11,13,15H2,1-2H3. The maximum atomic E-state index is 12.9. The van der Waals surface area contributed by atoms with Crippen LogP contribution < -0.4 is 5.32 Å². The van der Waals surface area contributed by atoms with Gasteiger partial charge in [0, 0.05) is 18.7 Å². The van der Waals surface area contributed by atoms with Gasteiger partial charge >= 0.3 is 0 Å². The molecule has 24 heavy (non-hydrogen) atoms. The van der Waals surface area contributed by atoms with Gasteiger partial charge in [-0.25, -0.2) is 0 Å². The Hall–Kier alpha value is -1.87. The molecular weight excluding hydrogens is 296 g/mol. The number of nitrogens with one attached hydrogen (secondary N) is 1. The summed E-state index contributed by atoms with van der Waals surface area (Å²) in [6.45, 7) is 5.39. The average molecular weight is 324 g/mol. The molecule has 0 bridgehead atoms. The van der Waals surface area contributed by atoms with Gasteiger partial charge in [0.25, 0.3) is 0 Å². The normalized spacial score (nSPS) is 17.8. The van der Waals surface area contributed by atoms with Gasteiger partial charge in [-0.3, -0.25) is 4.79 Å². The number of hydrogen-bond acceptors (Lipinski definition) is 2. The Labute approximate surface area is 145 Å². The molecule has 1 aliphatic rings. The van der Waals surface area contributed by atoms with Gasteiger partial charge in [-0.1, -0.05) is 38.5 Å². The van der Waals surface area contributed by atoms with Gasteiger partial charge in [0.05, 0.1) is 11.4 Å². The van der Waals surface area contributed by atoms with E-state index >= 15 is 0 Å². The molecule has 2 aromatic rings. The fourth-order valence-electron chi connectivity index (χ4n) is 3.75. The molecule has 1 unspecified atom stereocenters. The van der Waals surface area contributed by atoms with Crippen molar-refractivity contribution in [3.05, 3.63) is 53.3 Å². The number of carbonyl (C=O) groups is 1. The van der Waals surface area contributed by atoms with E-state index in [0.29, 0.717) is 12.5 Å². The molecule has 1 N–H and O–H groups in total. The summed E-state index contributed by atoms with van der Waals surface area (Å²) in [5.41, 5.74) is 4.62. The molecule has 0 aliphatic carbocycles. The van der Waals surface area contributed by atoms with Gasteiger partial charge in [-0.2, -0.15) is 0 Å². The van der Waals surface area contributed by atoms with Crippen LogP contribution in [-0.4, -0.2) is 22.9 Å². The topological polar surface area (TPSA) is 34.0 Å². The number of aromatic nitrogens is 1. The predicted octanol–water partition coefficient (Wildman–Crippen LogP) is 4.32. The quantitative estimate of drug-likeness (QED) is 0.803. The molecule has 3 heteroatoms. The van der Waals surface area contributed by atoms with Crippen LogP contribution in [0.25, 0.3) is 5.69 Å². The second-order valence-corrected chi connectivity index (χ2v) is 6.67. The molecule has 1 saturated heterocycles. The van der Waals surface area contributed by atoms with Gasteiger partial charge in [-0.15, -0.1) is 0 Å². The van der Waals surface area contributed by atoms with Crippen molar-refractivity contribution in [2.75, 3.05) is 6.54 Å². The largest absolute Gasteiger partial charge is 0.314 e. The first-order chi connectivity index (χ1) is 11.7. The zero-order valence-electron chi connectivity index (χ0n) is 14.8. The lowest BCUT2D eigenvalue weighted by Gasteiger charge is -2.23. The molecule has 1 aromatic carbocycles. The first kappa shape index (κ1) is 17.0. The highest BCUT2D eigenvalue weighted by Crippen LogP contribution is 2.25. The molecule has 0 radical (unpaired) electrons. The second-order valence-electron chi connectivity index (χ2n) is 6.67. The van der Waals surface area contributed by atoms with Crippen LogP contribution in [0.1, 0.15) is 61.1 Å². The zero-order chi connectivity index (χ0) is 16.9. The minimum Gasteiger partial charge on any atom is -0.314 e. The van der Waals surface area contributed by atoms with Gasteiger partial charge in [0.2, 0.25) is 0 Å². The summed E-state index contributed by atoms with van der Waals surface area (Å²) < 4.78 is 2.11. The van der Waals surface area contributed by atoms with Gasteiger partial charge in [0.1, 0.15) is 0 Å². The van der Waals surface area contributed by atoms with Crippen molar-refractivity contribution >= 4 is 5.78 Å². The first-order valence-corrected chi connectivity index (χ1v) is 9.29. The third-order valence-electron chi connectivity index (χ3n) is 5.08. The van der Waals surface area contributed by atoms with E-state index in [9.17, 15) is 4.79 Å². The van der Waals surface area contributed by atoms with Gasteiger partial charge < -0.3 is 9.88 Å². The Bertz CT molecular complexity index is 673. The summed E-state index contributed by atoms with van der Waals surface area (Å²) in [5, 5.41) is 3.49. The Morgan fingerprint density at radius 1 is 1.12 bits per heavy atom. The monoisotopic (exact) mass is 324 g/mol. The van der Waals surface area contributed by atoms with E-state index in [2.05, 4.69) is 41.9 Å². The van der Waals surface area contributed by atoms with E-state index in [4.69, 9.17) is 0 Å². The average Bonchev–Trinajstić information content (AvgIpc) is 3.11. The Kier molecular flexibility index (Phi) is 5.52. The first-order valence-electron chi connectivity index (χ1n) is 9.29. The maximum Gasteiger partial charge on any atom is 0.181 e. The number of Topliss-reactive ketones (excluding diaryl/α,β-unsaturated/α-hetero) is 1. The highest BCUT2D eigenvalue weighted by Gasteiger charge is 2.21. The van der Waals surface area contributed by atoms with Crippen molar-refractivity contribution < 1.29 is 4.79 Å². The SMILES string of the molecule is CCc1cccc(CC)c1-n1cccc1C(=O)CC1CCCCN1. The highest BCUT2D eigenvalue weighted by molar-refractivity contribution is 5.95. The molecule has 0 saturated carbocycles. The third-order valence-corrected chi connectivity index (χ3v) is 5.08. The van der Waals surface area contributed by atoms with Crippen molar-refractivity contribution in [1.82, 2.24) is 9.88 Å². The van der Waals surface area contributed by atoms with Crippen molar-refractivity contribution in [2.45, 2.75) is 58.4 Å². The molecule has 3 rings (SSSR count). The molecule has 1 fully saturated rings. The number of rotatable bonds is 6. The summed E-state index contributed by atoms with van der Waals surface area (Å²) in [6, 6.07) is 10.8. The van der Waals surface area contributed by atoms with Crippen LogP contribution in [0.15, 0.2) is 36.5 Å². The number of aryl methyl sites for hydroxylation is 2.